The van der Waals surface area contributed by atoms with Crippen molar-refractivity contribution in [1.82, 2.24) is 9.13 Å². The van der Waals surface area contributed by atoms with Crippen molar-refractivity contribution >= 4 is 74.4 Å². The van der Waals surface area contributed by atoms with Gasteiger partial charge < -0.3 is 9.13 Å². The Kier molecular flexibility index (Phi) is 8.45. The molecule has 0 spiro atoms. The minimum atomic E-state index is -1.83. The number of hydrogen-bond acceptors (Lipinski definition) is 0. The first-order valence-corrected chi connectivity index (χ1v) is 21.2. The molecule has 0 amide bonds. The SMILES string of the molecule is c1cc(-n2c3ccccc3c3ccccc32)cc(-n2c3ccccc3c3ccccc32)c1.c1cc[c]([Sb]([c]2ccccc2)[c]2ccccc2)cc1. The second kappa shape index (κ2) is 13.8. The number of para-hydroxylation sites is 4. The Labute approximate surface area is 305 Å². The third-order valence-electron chi connectivity index (χ3n) is 9.55. The number of fused-ring (bicyclic) bond motifs is 6. The van der Waals surface area contributed by atoms with Crippen LogP contribution in [0.5, 0.6) is 0 Å². The van der Waals surface area contributed by atoms with Crippen LogP contribution in [-0.4, -0.2) is 29.3 Å². The molecule has 0 aliphatic carbocycles. The maximum atomic E-state index is 2.38. The summed E-state index contributed by atoms with van der Waals surface area (Å²) in [4.78, 5) is 0. The molecule has 2 nitrogen and oxygen atoms in total. The molecule has 10 aromatic rings. The average Bonchev–Trinajstić information content (AvgIpc) is 3.73. The Hall–Kier alpha value is -5.82. The van der Waals surface area contributed by atoms with E-state index in [1.165, 1.54) is 65.5 Å². The van der Waals surface area contributed by atoms with Crippen molar-refractivity contribution in [2.24, 2.45) is 0 Å². The predicted octanol–water partition coefficient (Wildman–Crippen LogP) is 10.1. The van der Waals surface area contributed by atoms with Gasteiger partial charge in [-0.25, -0.2) is 0 Å². The molecule has 242 valence electrons. The molecule has 8 aromatic carbocycles. The van der Waals surface area contributed by atoms with Crippen molar-refractivity contribution < 1.29 is 0 Å². The van der Waals surface area contributed by atoms with Gasteiger partial charge in [0.15, 0.2) is 0 Å². The molecule has 0 aliphatic heterocycles. The summed E-state index contributed by atoms with van der Waals surface area (Å²) in [6.07, 6.45) is 0. The number of nitrogens with zero attached hydrogens (tertiary/aromatic N) is 2. The minimum absolute atomic E-state index is 1.17. The molecule has 0 aliphatic rings. The standard InChI is InChI=1S/C30H20N2.3C6H5.Sb/c1-5-16-27-23(12-1)24-13-2-6-17-28(24)31(27)21-10-9-11-22(20-21)32-29-18-7-3-14-25(29)26-15-4-8-19-30(26)32;3*1-2-4-6-5-3-1;/h1-20H;3*1-5H;. The van der Waals surface area contributed by atoms with Gasteiger partial charge in [-0.05, 0) is 42.5 Å². The molecular formula is C48H35N2Sb. The molecule has 0 fully saturated rings. The normalized spacial score (nSPS) is 11.3. The van der Waals surface area contributed by atoms with Gasteiger partial charge in [-0.1, -0.05) is 78.9 Å². The first-order valence-electron chi connectivity index (χ1n) is 17.4. The first-order chi connectivity index (χ1) is 25.3. The first kappa shape index (κ1) is 31.2. The molecule has 51 heavy (non-hydrogen) atoms. The van der Waals surface area contributed by atoms with E-state index < -0.39 is 20.2 Å². The summed E-state index contributed by atoms with van der Waals surface area (Å²) >= 11 is -1.83. The van der Waals surface area contributed by atoms with Crippen molar-refractivity contribution in [2.75, 3.05) is 0 Å². The fourth-order valence-corrected chi connectivity index (χ4v) is 13.9. The van der Waals surface area contributed by atoms with E-state index in [0.717, 1.165) is 0 Å². The van der Waals surface area contributed by atoms with Crippen LogP contribution >= 0.6 is 0 Å². The Morgan fingerprint density at radius 1 is 0.255 bits per heavy atom. The van der Waals surface area contributed by atoms with Gasteiger partial charge in [0, 0.05) is 32.9 Å². The van der Waals surface area contributed by atoms with E-state index in [4.69, 9.17) is 0 Å². The van der Waals surface area contributed by atoms with Crippen LogP contribution in [0, 0.1) is 0 Å². The quantitative estimate of drug-likeness (QED) is 0.155. The summed E-state index contributed by atoms with van der Waals surface area (Å²) in [5.41, 5.74) is 7.26. The Morgan fingerprint density at radius 2 is 0.529 bits per heavy atom. The Morgan fingerprint density at radius 3 is 0.843 bits per heavy atom. The molecule has 3 heteroatoms. The van der Waals surface area contributed by atoms with Crippen LogP contribution in [0.1, 0.15) is 0 Å². The fourth-order valence-electron chi connectivity index (χ4n) is 7.35. The van der Waals surface area contributed by atoms with Gasteiger partial charge in [0.25, 0.3) is 0 Å². The summed E-state index contributed by atoms with van der Waals surface area (Å²) in [6, 6.07) is 76.4. The van der Waals surface area contributed by atoms with Crippen LogP contribution in [0.3, 0.4) is 0 Å². The van der Waals surface area contributed by atoms with Gasteiger partial charge in [0.2, 0.25) is 0 Å². The van der Waals surface area contributed by atoms with Gasteiger partial charge >= 0.3 is 122 Å². The fraction of sp³-hybridized carbons (Fsp3) is 0. The summed E-state index contributed by atoms with van der Waals surface area (Å²) in [6.45, 7) is 0. The zero-order valence-corrected chi connectivity index (χ0v) is 30.6. The third-order valence-corrected chi connectivity index (χ3v) is 16.5. The van der Waals surface area contributed by atoms with E-state index in [0.29, 0.717) is 0 Å². The molecule has 0 saturated heterocycles. The maximum absolute atomic E-state index is 2.38. The van der Waals surface area contributed by atoms with Crippen molar-refractivity contribution in [3.63, 3.8) is 0 Å². The molecule has 0 unspecified atom stereocenters. The van der Waals surface area contributed by atoms with Crippen molar-refractivity contribution in [1.29, 1.82) is 0 Å². The number of hydrogen-bond donors (Lipinski definition) is 0. The van der Waals surface area contributed by atoms with E-state index in [2.05, 4.69) is 221 Å². The van der Waals surface area contributed by atoms with E-state index in [1.807, 2.05) is 0 Å². The van der Waals surface area contributed by atoms with E-state index in [-0.39, 0.29) is 0 Å². The second-order valence-electron chi connectivity index (χ2n) is 12.6. The van der Waals surface area contributed by atoms with Crippen LogP contribution in [0.2, 0.25) is 0 Å². The number of rotatable bonds is 5. The predicted molar refractivity (Wildman–Crippen MR) is 219 cm³/mol. The molecule has 0 N–H and O–H groups in total. The van der Waals surface area contributed by atoms with Crippen LogP contribution in [-0.2, 0) is 0 Å². The van der Waals surface area contributed by atoms with E-state index >= 15 is 0 Å². The monoisotopic (exact) mass is 760 g/mol. The van der Waals surface area contributed by atoms with Crippen LogP contribution < -0.4 is 10.5 Å². The van der Waals surface area contributed by atoms with Crippen molar-refractivity contribution in [3.05, 3.63) is 212 Å². The summed E-state index contributed by atoms with van der Waals surface area (Å²) < 4.78 is 9.30. The second-order valence-corrected chi connectivity index (χ2v) is 18.9. The Balaban J connectivity index is 0.000000157. The molecule has 2 heterocycles. The molecule has 0 radical (unpaired) electrons. The molecule has 0 atom stereocenters. The third kappa shape index (κ3) is 5.82. The van der Waals surface area contributed by atoms with E-state index in [1.54, 1.807) is 0 Å². The van der Waals surface area contributed by atoms with Gasteiger partial charge in [-0.15, -0.1) is 0 Å². The van der Waals surface area contributed by atoms with Crippen LogP contribution in [0.25, 0.3) is 55.0 Å². The van der Waals surface area contributed by atoms with Gasteiger partial charge in [0.1, 0.15) is 0 Å². The number of benzene rings is 8. The molecular weight excluding hydrogens is 726 g/mol. The van der Waals surface area contributed by atoms with Crippen LogP contribution in [0.4, 0.5) is 0 Å². The zero-order valence-electron chi connectivity index (χ0n) is 28.0. The topological polar surface area (TPSA) is 9.86 Å². The molecule has 0 saturated carbocycles. The molecule has 10 rings (SSSR count). The summed E-state index contributed by atoms with van der Waals surface area (Å²) in [5.74, 6) is 0. The van der Waals surface area contributed by atoms with Gasteiger partial charge in [-0.2, -0.15) is 0 Å². The Bertz CT molecular complexity index is 2420. The van der Waals surface area contributed by atoms with Crippen molar-refractivity contribution in [2.45, 2.75) is 0 Å². The zero-order chi connectivity index (χ0) is 34.0. The summed E-state index contributed by atoms with van der Waals surface area (Å²) in [5, 5.41) is 5.13. The van der Waals surface area contributed by atoms with Crippen molar-refractivity contribution in [3.8, 4) is 11.4 Å². The average molecular weight is 762 g/mol. The van der Waals surface area contributed by atoms with Gasteiger partial charge in [-0.3, -0.25) is 0 Å². The molecule has 0 bridgehead atoms. The summed E-state index contributed by atoms with van der Waals surface area (Å²) in [7, 11) is 0. The van der Waals surface area contributed by atoms with Gasteiger partial charge in [0.05, 0.1) is 22.1 Å². The number of aromatic nitrogens is 2. The molecule has 2 aromatic heterocycles. The van der Waals surface area contributed by atoms with E-state index in [9.17, 15) is 0 Å². The van der Waals surface area contributed by atoms with Crippen LogP contribution in [0.15, 0.2) is 212 Å².